The Morgan fingerprint density at radius 1 is 1.19 bits per heavy atom. The molecule has 0 fully saturated rings. The smallest absolute Gasteiger partial charge is 0.287 e. The van der Waals surface area contributed by atoms with Crippen LogP contribution in [0.5, 0.6) is 5.75 Å². The minimum Gasteiger partial charge on any atom is -0.489 e. The maximum absolute atomic E-state index is 10.6. The van der Waals surface area contributed by atoms with E-state index >= 15 is 0 Å². The Balaban J connectivity index is 1.52. The molecule has 0 bridgehead atoms. The summed E-state index contributed by atoms with van der Waals surface area (Å²) >= 11 is 0. The fourth-order valence-electron chi connectivity index (χ4n) is 2.35. The molecule has 7 nitrogen and oxygen atoms in total. The molecule has 0 saturated carbocycles. The van der Waals surface area contributed by atoms with Gasteiger partial charge in [-0.2, -0.15) is 5.10 Å². The third-order valence-corrected chi connectivity index (χ3v) is 3.72. The van der Waals surface area contributed by atoms with Gasteiger partial charge in [0.15, 0.2) is 0 Å². The van der Waals surface area contributed by atoms with Gasteiger partial charge in [0.25, 0.3) is 5.69 Å². The van der Waals surface area contributed by atoms with E-state index in [-0.39, 0.29) is 5.69 Å². The molecule has 1 aromatic heterocycles. The van der Waals surface area contributed by atoms with Crippen molar-refractivity contribution >= 4 is 17.7 Å². The molecule has 0 saturated heterocycles. The maximum atomic E-state index is 10.6. The van der Waals surface area contributed by atoms with Crippen LogP contribution in [0.4, 0.5) is 11.5 Å². The van der Waals surface area contributed by atoms with E-state index in [0.717, 1.165) is 16.9 Å². The number of nitro groups is 1. The number of aromatic nitrogens is 1. The van der Waals surface area contributed by atoms with Crippen LogP contribution in [-0.2, 0) is 6.61 Å². The molecule has 0 amide bonds. The number of benzene rings is 2. The van der Waals surface area contributed by atoms with Gasteiger partial charge in [-0.3, -0.25) is 15.5 Å². The van der Waals surface area contributed by atoms with Crippen molar-refractivity contribution in [2.24, 2.45) is 5.10 Å². The van der Waals surface area contributed by atoms with Gasteiger partial charge < -0.3 is 4.74 Å². The monoisotopic (exact) mass is 362 g/mol. The Labute approximate surface area is 156 Å². The molecule has 7 heteroatoms. The second-order valence-electron chi connectivity index (χ2n) is 5.88. The van der Waals surface area contributed by atoms with Gasteiger partial charge in [0.05, 0.1) is 11.1 Å². The molecule has 0 aliphatic rings. The largest absolute Gasteiger partial charge is 0.489 e. The molecule has 3 rings (SSSR count). The number of nitrogens with one attached hydrogen (secondary N) is 1. The summed E-state index contributed by atoms with van der Waals surface area (Å²) in [6.07, 6.45) is 2.81. The quantitative estimate of drug-likeness (QED) is 0.384. The normalized spacial score (nSPS) is 10.7. The van der Waals surface area contributed by atoms with E-state index in [9.17, 15) is 10.1 Å². The first-order valence-electron chi connectivity index (χ1n) is 8.28. The zero-order valence-electron chi connectivity index (χ0n) is 14.7. The van der Waals surface area contributed by atoms with E-state index < -0.39 is 4.92 Å². The Morgan fingerprint density at radius 2 is 2.00 bits per heavy atom. The maximum Gasteiger partial charge on any atom is 0.287 e. The average Bonchev–Trinajstić information content (AvgIpc) is 2.68. The second-order valence-corrected chi connectivity index (χ2v) is 5.88. The summed E-state index contributed by atoms with van der Waals surface area (Å²) in [6, 6.07) is 18.6. The fraction of sp³-hybridized carbons (Fsp3) is 0.100. The second kappa shape index (κ2) is 8.57. The molecule has 2 aromatic carbocycles. The third kappa shape index (κ3) is 5.37. The molecule has 0 unspecified atom stereocenters. The lowest BCUT2D eigenvalue weighted by Crippen LogP contribution is -1.96. The van der Waals surface area contributed by atoms with E-state index in [1.165, 1.54) is 23.9 Å². The summed E-state index contributed by atoms with van der Waals surface area (Å²) in [5.41, 5.74) is 5.88. The SMILES string of the molecule is Cc1cccc(COc2ccc(C=NNc3ccc([N+](=O)[O-])cn3)cc2)c1. The van der Waals surface area contributed by atoms with Crippen molar-refractivity contribution in [1.82, 2.24) is 4.98 Å². The number of ether oxygens (including phenoxy) is 1. The number of hydrogen-bond donors (Lipinski definition) is 1. The van der Waals surface area contributed by atoms with E-state index in [0.29, 0.717) is 12.4 Å². The number of aryl methyl sites for hydroxylation is 1. The third-order valence-electron chi connectivity index (χ3n) is 3.72. The average molecular weight is 362 g/mol. The number of hydrogen-bond acceptors (Lipinski definition) is 6. The van der Waals surface area contributed by atoms with Crippen LogP contribution >= 0.6 is 0 Å². The van der Waals surface area contributed by atoms with E-state index in [2.05, 4.69) is 34.6 Å². The number of pyridine rings is 1. The van der Waals surface area contributed by atoms with Gasteiger partial charge in [-0.25, -0.2) is 4.98 Å². The number of hydrazone groups is 1. The van der Waals surface area contributed by atoms with Gasteiger partial charge in [0.2, 0.25) is 0 Å². The van der Waals surface area contributed by atoms with Crippen LogP contribution in [-0.4, -0.2) is 16.1 Å². The van der Waals surface area contributed by atoms with Crippen molar-refractivity contribution in [3.63, 3.8) is 0 Å². The highest BCUT2D eigenvalue weighted by molar-refractivity contribution is 5.80. The highest BCUT2D eigenvalue weighted by Crippen LogP contribution is 2.15. The van der Waals surface area contributed by atoms with Crippen LogP contribution in [0.25, 0.3) is 0 Å². The first-order chi connectivity index (χ1) is 13.1. The summed E-state index contributed by atoms with van der Waals surface area (Å²) in [7, 11) is 0. The van der Waals surface area contributed by atoms with Crippen LogP contribution < -0.4 is 10.2 Å². The zero-order valence-corrected chi connectivity index (χ0v) is 14.7. The lowest BCUT2D eigenvalue weighted by atomic mass is 10.1. The van der Waals surface area contributed by atoms with E-state index in [1.807, 2.05) is 36.4 Å². The highest BCUT2D eigenvalue weighted by Gasteiger charge is 2.04. The standard InChI is InChI=1S/C20H18N4O3/c1-15-3-2-4-17(11-15)14-27-19-8-5-16(6-9-19)12-22-23-20-10-7-18(13-21-20)24(25)26/h2-13H,14H2,1H3,(H,21,23). The summed E-state index contributed by atoms with van der Waals surface area (Å²) in [5.74, 6) is 1.20. The van der Waals surface area contributed by atoms with Crippen molar-refractivity contribution in [3.05, 3.63) is 93.7 Å². The summed E-state index contributed by atoms with van der Waals surface area (Å²) in [6.45, 7) is 2.57. The first kappa shape index (κ1) is 18.1. The number of nitrogens with zero attached hydrogens (tertiary/aromatic N) is 3. The van der Waals surface area contributed by atoms with Crippen molar-refractivity contribution in [2.45, 2.75) is 13.5 Å². The molecule has 136 valence electrons. The molecule has 1 N–H and O–H groups in total. The first-order valence-corrected chi connectivity index (χ1v) is 8.28. The predicted octanol–water partition coefficient (Wildman–Crippen LogP) is 4.32. The van der Waals surface area contributed by atoms with Crippen LogP contribution in [0.1, 0.15) is 16.7 Å². The van der Waals surface area contributed by atoms with Crippen LogP contribution in [0.2, 0.25) is 0 Å². The van der Waals surface area contributed by atoms with Crippen LogP contribution in [0.15, 0.2) is 72.0 Å². The minimum absolute atomic E-state index is 0.0641. The molecular formula is C20H18N4O3. The van der Waals surface area contributed by atoms with Crippen molar-refractivity contribution in [3.8, 4) is 5.75 Å². The van der Waals surface area contributed by atoms with Gasteiger partial charge in [0, 0.05) is 6.07 Å². The topological polar surface area (TPSA) is 89.6 Å². The summed E-state index contributed by atoms with van der Waals surface area (Å²) in [4.78, 5) is 14.0. The Bertz CT molecular complexity index is 938. The minimum atomic E-state index is -0.497. The lowest BCUT2D eigenvalue weighted by Gasteiger charge is -2.07. The van der Waals surface area contributed by atoms with Gasteiger partial charge in [-0.1, -0.05) is 29.8 Å². The van der Waals surface area contributed by atoms with Gasteiger partial charge >= 0.3 is 0 Å². The molecule has 0 aliphatic heterocycles. The molecule has 3 aromatic rings. The fourth-order valence-corrected chi connectivity index (χ4v) is 2.35. The molecule has 1 heterocycles. The zero-order chi connectivity index (χ0) is 19.1. The van der Waals surface area contributed by atoms with E-state index in [4.69, 9.17) is 4.74 Å². The highest BCUT2D eigenvalue weighted by atomic mass is 16.6. The van der Waals surface area contributed by atoms with Crippen molar-refractivity contribution in [2.75, 3.05) is 5.43 Å². The molecule has 27 heavy (non-hydrogen) atoms. The van der Waals surface area contributed by atoms with E-state index in [1.54, 1.807) is 6.21 Å². The van der Waals surface area contributed by atoms with Gasteiger partial charge in [-0.15, -0.1) is 0 Å². The molecule has 0 aliphatic carbocycles. The summed E-state index contributed by atoms with van der Waals surface area (Å²) < 4.78 is 5.78. The van der Waals surface area contributed by atoms with Gasteiger partial charge in [-0.05, 0) is 48.4 Å². The molecule has 0 radical (unpaired) electrons. The predicted molar refractivity (Wildman–Crippen MR) is 104 cm³/mol. The molecular weight excluding hydrogens is 344 g/mol. The summed E-state index contributed by atoms with van der Waals surface area (Å²) in [5, 5.41) is 14.7. The van der Waals surface area contributed by atoms with Crippen LogP contribution in [0, 0.1) is 17.0 Å². The Kier molecular flexibility index (Phi) is 5.73. The number of rotatable bonds is 7. The van der Waals surface area contributed by atoms with Crippen molar-refractivity contribution < 1.29 is 9.66 Å². The van der Waals surface area contributed by atoms with Gasteiger partial charge in [0.1, 0.15) is 24.4 Å². The Hall–Kier alpha value is -3.74. The van der Waals surface area contributed by atoms with Crippen LogP contribution in [0.3, 0.4) is 0 Å². The number of anilines is 1. The molecule has 0 spiro atoms. The lowest BCUT2D eigenvalue weighted by molar-refractivity contribution is -0.385. The Morgan fingerprint density at radius 3 is 2.67 bits per heavy atom. The molecule has 0 atom stereocenters. The van der Waals surface area contributed by atoms with Crippen molar-refractivity contribution in [1.29, 1.82) is 0 Å².